The van der Waals surface area contributed by atoms with Gasteiger partial charge in [-0.25, -0.2) is 0 Å². The molecule has 0 saturated carbocycles. The smallest absolute Gasteiger partial charge is 0.269 e. The van der Waals surface area contributed by atoms with Crippen LogP contribution in [-0.2, 0) is 4.52 Å². The van der Waals surface area contributed by atoms with E-state index in [0.717, 1.165) is 22.6 Å². The monoisotopic (exact) mass is 318 g/mol. The summed E-state index contributed by atoms with van der Waals surface area (Å²) in [4.78, 5) is 0. The summed E-state index contributed by atoms with van der Waals surface area (Å²) in [6.07, 6.45) is -0.577. The minimum atomic E-state index is -0.630. The summed E-state index contributed by atoms with van der Waals surface area (Å²) in [6, 6.07) is 15.7. The van der Waals surface area contributed by atoms with Gasteiger partial charge in [0.1, 0.15) is 17.1 Å². The standard InChI is InChI=1S/C18H23O3P/c1-13-9-5-7-11-15(13)19-17(18(3,4)21-22)20-16-12-8-6-10-14(16)2/h5-12,17H,22H2,1-4H3. The summed E-state index contributed by atoms with van der Waals surface area (Å²) in [5.41, 5.74) is 1.48. The van der Waals surface area contributed by atoms with Crippen molar-refractivity contribution in [1.29, 1.82) is 0 Å². The van der Waals surface area contributed by atoms with Gasteiger partial charge < -0.3 is 14.0 Å². The van der Waals surface area contributed by atoms with Crippen molar-refractivity contribution in [2.75, 3.05) is 0 Å². The number of para-hydroxylation sites is 2. The summed E-state index contributed by atoms with van der Waals surface area (Å²) in [7, 11) is 2.29. The van der Waals surface area contributed by atoms with Crippen molar-refractivity contribution in [3.05, 3.63) is 59.7 Å². The molecule has 0 N–H and O–H groups in total. The van der Waals surface area contributed by atoms with Gasteiger partial charge in [-0.3, -0.25) is 0 Å². The summed E-state index contributed by atoms with van der Waals surface area (Å²) < 4.78 is 17.7. The third kappa shape index (κ3) is 4.00. The first-order chi connectivity index (χ1) is 10.4. The van der Waals surface area contributed by atoms with E-state index < -0.39 is 11.9 Å². The maximum Gasteiger partial charge on any atom is 0.269 e. The zero-order chi connectivity index (χ0) is 16.2. The van der Waals surface area contributed by atoms with E-state index in [-0.39, 0.29) is 0 Å². The van der Waals surface area contributed by atoms with Crippen LogP contribution in [0, 0.1) is 13.8 Å². The molecule has 0 aliphatic rings. The molecule has 118 valence electrons. The van der Waals surface area contributed by atoms with E-state index in [1.165, 1.54) is 0 Å². The molecule has 0 heterocycles. The molecule has 0 spiro atoms. The maximum absolute atomic E-state index is 6.10. The fourth-order valence-corrected chi connectivity index (χ4v) is 2.08. The second kappa shape index (κ2) is 7.13. The average molecular weight is 318 g/mol. The van der Waals surface area contributed by atoms with Crippen LogP contribution in [0.3, 0.4) is 0 Å². The van der Waals surface area contributed by atoms with Crippen LogP contribution >= 0.6 is 9.47 Å². The molecule has 2 rings (SSSR count). The van der Waals surface area contributed by atoms with Crippen molar-refractivity contribution in [2.45, 2.75) is 39.6 Å². The third-order valence-electron chi connectivity index (χ3n) is 3.53. The van der Waals surface area contributed by atoms with Gasteiger partial charge in [0.05, 0.1) is 0 Å². The lowest BCUT2D eigenvalue weighted by atomic mass is 10.1. The van der Waals surface area contributed by atoms with E-state index in [1.54, 1.807) is 0 Å². The number of benzene rings is 2. The van der Waals surface area contributed by atoms with E-state index in [9.17, 15) is 0 Å². The number of aryl methyl sites for hydroxylation is 2. The van der Waals surface area contributed by atoms with Crippen molar-refractivity contribution in [3.8, 4) is 11.5 Å². The molecule has 22 heavy (non-hydrogen) atoms. The Morgan fingerprint density at radius 3 is 1.59 bits per heavy atom. The highest BCUT2D eigenvalue weighted by Gasteiger charge is 2.34. The first-order valence-electron chi connectivity index (χ1n) is 7.26. The molecule has 0 fully saturated rings. The Hall–Kier alpha value is -1.57. The highest BCUT2D eigenvalue weighted by atomic mass is 31.0. The number of ether oxygens (including phenoxy) is 2. The SMILES string of the molecule is Cc1ccccc1OC(Oc1ccccc1C)C(C)(C)OP. The van der Waals surface area contributed by atoms with Gasteiger partial charge in [-0.1, -0.05) is 36.4 Å². The Balaban J connectivity index is 2.28. The summed E-state index contributed by atoms with van der Waals surface area (Å²) in [5.74, 6) is 1.58. The fraction of sp³-hybridized carbons (Fsp3) is 0.333. The Labute approximate surface area is 134 Å². The van der Waals surface area contributed by atoms with Gasteiger partial charge in [-0.2, -0.15) is 0 Å². The molecule has 3 nitrogen and oxygen atoms in total. The van der Waals surface area contributed by atoms with Crippen LogP contribution in [0.25, 0.3) is 0 Å². The lowest BCUT2D eigenvalue weighted by molar-refractivity contribution is -0.115. The van der Waals surface area contributed by atoms with Gasteiger partial charge in [-0.05, 0) is 51.0 Å². The lowest BCUT2D eigenvalue weighted by Crippen LogP contribution is -2.45. The van der Waals surface area contributed by atoms with Crippen LogP contribution < -0.4 is 9.47 Å². The predicted molar refractivity (Wildman–Crippen MR) is 92.3 cm³/mol. The summed E-state index contributed by atoms with van der Waals surface area (Å²) in [5, 5.41) is 0. The van der Waals surface area contributed by atoms with E-state index in [4.69, 9.17) is 14.0 Å². The molecule has 0 saturated heterocycles. The number of hydrogen-bond acceptors (Lipinski definition) is 3. The molecule has 4 heteroatoms. The lowest BCUT2D eigenvalue weighted by Gasteiger charge is -2.33. The Kier molecular flexibility index (Phi) is 5.44. The second-order valence-electron chi connectivity index (χ2n) is 5.82. The molecule has 1 unspecified atom stereocenters. The van der Waals surface area contributed by atoms with Gasteiger partial charge in [0.15, 0.2) is 0 Å². The van der Waals surface area contributed by atoms with Crippen LogP contribution in [0.15, 0.2) is 48.5 Å². The number of rotatable bonds is 6. The first kappa shape index (κ1) is 16.8. The topological polar surface area (TPSA) is 27.7 Å². The van der Waals surface area contributed by atoms with Crippen molar-refractivity contribution in [1.82, 2.24) is 0 Å². The van der Waals surface area contributed by atoms with Crippen molar-refractivity contribution in [2.24, 2.45) is 0 Å². The van der Waals surface area contributed by atoms with Gasteiger partial charge >= 0.3 is 0 Å². The minimum Gasteiger partial charge on any atom is -0.452 e. The minimum absolute atomic E-state index is 0.577. The summed E-state index contributed by atoms with van der Waals surface area (Å²) in [6.45, 7) is 7.88. The van der Waals surface area contributed by atoms with Gasteiger partial charge in [0, 0.05) is 9.47 Å². The molecule has 0 bridgehead atoms. The molecule has 2 aromatic carbocycles. The van der Waals surface area contributed by atoms with Crippen LogP contribution in [0.1, 0.15) is 25.0 Å². The quantitative estimate of drug-likeness (QED) is 0.572. The molecule has 0 aliphatic carbocycles. The van der Waals surface area contributed by atoms with E-state index in [0.29, 0.717) is 0 Å². The molecular formula is C18H23O3P. The van der Waals surface area contributed by atoms with Gasteiger partial charge in [0.2, 0.25) is 0 Å². The molecule has 1 atom stereocenters. The largest absolute Gasteiger partial charge is 0.452 e. The second-order valence-corrected chi connectivity index (χ2v) is 6.06. The molecule has 0 amide bonds. The van der Waals surface area contributed by atoms with E-state index in [1.807, 2.05) is 76.2 Å². The van der Waals surface area contributed by atoms with Gasteiger partial charge in [-0.15, -0.1) is 0 Å². The van der Waals surface area contributed by atoms with Crippen molar-refractivity contribution >= 4 is 9.47 Å². The van der Waals surface area contributed by atoms with Crippen molar-refractivity contribution in [3.63, 3.8) is 0 Å². The Morgan fingerprint density at radius 2 is 1.23 bits per heavy atom. The zero-order valence-electron chi connectivity index (χ0n) is 13.5. The maximum atomic E-state index is 6.10. The molecule has 0 radical (unpaired) electrons. The highest BCUT2D eigenvalue weighted by molar-refractivity contribution is 7.09. The van der Waals surface area contributed by atoms with Crippen LogP contribution in [-0.4, -0.2) is 11.9 Å². The van der Waals surface area contributed by atoms with E-state index >= 15 is 0 Å². The normalized spacial score (nSPS) is 11.5. The van der Waals surface area contributed by atoms with Crippen molar-refractivity contribution < 1.29 is 14.0 Å². The molecule has 0 aliphatic heterocycles. The Morgan fingerprint density at radius 1 is 0.818 bits per heavy atom. The number of hydrogen-bond donors (Lipinski definition) is 0. The predicted octanol–water partition coefficient (Wildman–Crippen LogP) is 4.67. The third-order valence-corrected chi connectivity index (χ3v) is 4.13. The zero-order valence-corrected chi connectivity index (χ0v) is 14.7. The van der Waals surface area contributed by atoms with E-state index in [2.05, 4.69) is 9.47 Å². The average Bonchev–Trinajstić information content (AvgIpc) is 2.50. The highest BCUT2D eigenvalue weighted by Crippen LogP contribution is 2.29. The van der Waals surface area contributed by atoms with Crippen LogP contribution in [0.2, 0.25) is 0 Å². The van der Waals surface area contributed by atoms with Gasteiger partial charge in [0.25, 0.3) is 6.29 Å². The first-order valence-corrected chi connectivity index (χ1v) is 7.73. The molecular weight excluding hydrogens is 295 g/mol. The fourth-order valence-electron chi connectivity index (χ4n) is 1.97. The van der Waals surface area contributed by atoms with Crippen LogP contribution in [0.5, 0.6) is 11.5 Å². The summed E-state index contributed by atoms with van der Waals surface area (Å²) >= 11 is 0. The van der Waals surface area contributed by atoms with Crippen LogP contribution in [0.4, 0.5) is 0 Å². The molecule has 2 aromatic rings. The molecule has 0 aromatic heterocycles. The Bertz CT molecular complexity index is 578.